The van der Waals surface area contributed by atoms with Crippen LogP contribution in [-0.4, -0.2) is 8.07 Å². The molecule has 0 atom stereocenters. The minimum atomic E-state index is -1.69. The van der Waals surface area contributed by atoms with Crippen molar-refractivity contribution in [3.63, 3.8) is 0 Å². The van der Waals surface area contributed by atoms with Crippen molar-refractivity contribution in [3.8, 4) is 33.4 Å². The van der Waals surface area contributed by atoms with Gasteiger partial charge in [-0.2, -0.15) is 0 Å². The Morgan fingerprint density at radius 1 is 0.305 bits per heavy atom. The average Bonchev–Trinajstić information content (AvgIpc) is 3.27. The standard InChI is InChI=1S/C58H46Si/c1-58(2,3)59(4,5)48-27-30-49-47(34-48)36-56(52-16-9-8-15-51(49)52)46-24-23-43-32-42(21-22-44(43)33-46)40-12-10-13-41(31-40)45-20-18-38-25-29-54-53(55(38)35-45)28-26-39-19-17-37-11-6-7-14-50(37)57(39)54/h6-36H,1-5H3. The molecule has 0 N–H and O–H groups in total. The van der Waals surface area contributed by atoms with Gasteiger partial charge in [0.1, 0.15) is 0 Å². The summed E-state index contributed by atoms with van der Waals surface area (Å²) >= 11 is 0. The fraction of sp³-hybridized carbons (Fsp3) is 0.103. The summed E-state index contributed by atoms with van der Waals surface area (Å²) < 4.78 is 0. The van der Waals surface area contributed by atoms with Crippen LogP contribution in [0.15, 0.2) is 188 Å². The van der Waals surface area contributed by atoms with Crippen LogP contribution in [0.4, 0.5) is 0 Å². The molecule has 0 aliphatic rings. The van der Waals surface area contributed by atoms with Crippen LogP contribution in [0, 0.1) is 0 Å². The Labute approximate surface area is 347 Å². The van der Waals surface area contributed by atoms with Crippen molar-refractivity contribution in [3.05, 3.63) is 188 Å². The van der Waals surface area contributed by atoms with Crippen LogP contribution in [0.1, 0.15) is 20.8 Å². The first-order valence-corrected chi connectivity index (χ1v) is 24.0. The Morgan fingerprint density at radius 3 is 1.61 bits per heavy atom. The van der Waals surface area contributed by atoms with E-state index in [-0.39, 0.29) is 5.04 Å². The Balaban J connectivity index is 0.968. The molecule has 0 aliphatic carbocycles. The third kappa shape index (κ3) is 5.79. The average molecular weight is 771 g/mol. The van der Waals surface area contributed by atoms with Crippen LogP contribution in [0.3, 0.4) is 0 Å². The number of fused-ring (bicyclic) bond motifs is 11. The van der Waals surface area contributed by atoms with Gasteiger partial charge in [-0.1, -0.05) is 197 Å². The fourth-order valence-corrected chi connectivity index (χ4v) is 11.3. The molecule has 0 unspecified atom stereocenters. The van der Waals surface area contributed by atoms with Crippen LogP contribution in [0.5, 0.6) is 0 Å². The van der Waals surface area contributed by atoms with E-state index < -0.39 is 8.07 Å². The zero-order chi connectivity index (χ0) is 40.0. The van der Waals surface area contributed by atoms with Crippen LogP contribution in [0.25, 0.3) is 109 Å². The van der Waals surface area contributed by atoms with Crippen molar-refractivity contribution < 1.29 is 0 Å². The minimum Gasteiger partial charge on any atom is -0.0650 e. The summed E-state index contributed by atoms with van der Waals surface area (Å²) in [5, 5.41) is 19.9. The molecule has 1 heteroatoms. The van der Waals surface area contributed by atoms with Gasteiger partial charge in [0.25, 0.3) is 0 Å². The molecule has 0 heterocycles. The Hall–Kier alpha value is -6.54. The Kier molecular flexibility index (Phi) is 7.99. The molecule has 0 radical (unpaired) electrons. The molecule has 282 valence electrons. The largest absolute Gasteiger partial charge is 0.0859 e. The van der Waals surface area contributed by atoms with E-state index in [1.54, 1.807) is 0 Å². The molecule has 11 rings (SSSR count). The first-order valence-electron chi connectivity index (χ1n) is 21.0. The topological polar surface area (TPSA) is 0 Å². The molecular weight excluding hydrogens is 725 g/mol. The van der Waals surface area contributed by atoms with Gasteiger partial charge in [-0.05, 0) is 144 Å². The maximum absolute atomic E-state index is 2.51. The van der Waals surface area contributed by atoms with Gasteiger partial charge in [0.15, 0.2) is 0 Å². The van der Waals surface area contributed by atoms with Crippen LogP contribution < -0.4 is 5.19 Å². The molecule has 0 saturated carbocycles. The molecule has 11 aromatic carbocycles. The van der Waals surface area contributed by atoms with E-state index in [4.69, 9.17) is 0 Å². The second-order valence-electron chi connectivity index (χ2n) is 18.2. The van der Waals surface area contributed by atoms with Crippen molar-refractivity contribution in [1.29, 1.82) is 0 Å². The van der Waals surface area contributed by atoms with Gasteiger partial charge < -0.3 is 0 Å². The summed E-state index contributed by atoms with van der Waals surface area (Å²) in [6.07, 6.45) is 0. The number of hydrogen-bond acceptors (Lipinski definition) is 0. The third-order valence-corrected chi connectivity index (χ3v) is 19.4. The maximum atomic E-state index is 2.51. The Bertz CT molecular complexity index is 3510. The predicted molar refractivity (Wildman–Crippen MR) is 262 cm³/mol. The van der Waals surface area contributed by atoms with E-state index in [1.165, 1.54) is 114 Å². The lowest BCUT2D eigenvalue weighted by atomic mass is 9.91. The summed E-state index contributed by atoms with van der Waals surface area (Å²) in [4.78, 5) is 0. The van der Waals surface area contributed by atoms with E-state index in [0.29, 0.717) is 0 Å². The molecule has 0 amide bonds. The van der Waals surface area contributed by atoms with Crippen molar-refractivity contribution in [2.45, 2.75) is 38.9 Å². The molecule has 0 nitrogen and oxygen atoms in total. The van der Waals surface area contributed by atoms with Crippen LogP contribution in [-0.2, 0) is 0 Å². The SMILES string of the molecule is CC(C)(C)[Si](C)(C)c1ccc2c(c1)cc(-c1ccc3cc(-c4cccc(-c5ccc6ccc7c(ccc8ccc9ccccc9c87)c6c5)c4)ccc3c1)c1ccccc12. The summed E-state index contributed by atoms with van der Waals surface area (Å²) in [7, 11) is -1.69. The second-order valence-corrected chi connectivity index (χ2v) is 23.5. The summed E-state index contributed by atoms with van der Waals surface area (Å²) in [5.74, 6) is 0. The van der Waals surface area contributed by atoms with E-state index in [2.05, 4.69) is 222 Å². The van der Waals surface area contributed by atoms with Crippen molar-refractivity contribution in [2.75, 3.05) is 0 Å². The van der Waals surface area contributed by atoms with Gasteiger partial charge in [-0.3, -0.25) is 0 Å². The number of hydrogen-bond donors (Lipinski definition) is 0. The van der Waals surface area contributed by atoms with Gasteiger partial charge in [-0.25, -0.2) is 0 Å². The molecule has 0 spiro atoms. The zero-order valence-electron chi connectivity index (χ0n) is 34.4. The highest BCUT2D eigenvalue weighted by Crippen LogP contribution is 2.41. The molecule has 0 fully saturated rings. The lowest BCUT2D eigenvalue weighted by Crippen LogP contribution is -2.49. The van der Waals surface area contributed by atoms with Gasteiger partial charge in [-0.15, -0.1) is 0 Å². The second kappa shape index (κ2) is 13.2. The first kappa shape index (κ1) is 35.6. The highest BCUT2D eigenvalue weighted by Gasteiger charge is 2.36. The van der Waals surface area contributed by atoms with Gasteiger partial charge in [0, 0.05) is 0 Å². The van der Waals surface area contributed by atoms with Crippen LogP contribution >= 0.6 is 0 Å². The maximum Gasteiger partial charge on any atom is 0.0859 e. The van der Waals surface area contributed by atoms with Gasteiger partial charge >= 0.3 is 0 Å². The normalized spacial score (nSPS) is 12.5. The van der Waals surface area contributed by atoms with Crippen LogP contribution in [0.2, 0.25) is 18.1 Å². The lowest BCUT2D eigenvalue weighted by Gasteiger charge is -2.37. The summed E-state index contributed by atoms with van der Waals surface area (Å²) in [6.45, 7) is 12.2. The first-order chi connectivity index (χ1) is 28.6. The highest BCUT2D eigenvalue weighted by molar-refractivity contribution is 6.92. The molecular formula is C58H46Si. The van der Waals surface area contributed by atoms with Gasteiger partial charge in [0.2, 0.25) is 0 Å². The predicted octanol–water partition coefficient (Wildman–Crippen LogP) is 16.5. The molecule has 0 aromatic heterocycles. The lowest BCUT2D eigenvalue weighted by molar-refractivity contribution is 0.729. The zero-order valence-corrected chi connectivity index (χ0v) is 35.4. The van der Waals surface area contributed by atoms with Crippen molar-refractivity contribution >= 4 is 88.7 Å². The highest BCUT2D eigenvalue weighted by atomic mass is 28.3. The number of rotatable bonds is 4. The molecule has 59 heavy (non-hydrogen) atoms. The molecule has 0 aliphatic heterocycles. The number of benzene rings is 11. The van der Waals surface area contributed by atoms with Crippen molar-refractivity contribution in [2.24, 2.45) is 0 Å². The quantitative estimate of drug-likeness (QED) is 0.123. The molecule has 0 bridgehead atoms. The van der Waals surface area contributed by atoms with E-state index >= 15 is 0 Å². The smallest absolute Gasteiger partial charge is 0.0650 e. The summed E-state index contributed by atoms with van der Waals surface area (Å²) in [6, 6.07) is 71.0. The molecule has 11 aromatic rings. The van der Waals surface area contributed by atoms with Gasteiger partial charge in [0.05, 0.1) is 8.07 Å². The minimum absolute atomic E-state index is 0.275. The van der Waals surface area contributed by atoms with E-state index in [0.717, 1.165) is 0 Å². The monoisotopic (exact) mass is 770 g/mol. The molecule has 0 saturated heterocycles. The fourth-order valence-electron chi connectivity index (χ4n) is 9.47. The van der Waals surface area contributed by atoms with Crippen molar-refractivity contribution in [1.82, 2.24) is 0 Å². The van der Waals surface area contributed by atoms with E-state index in [1.807, 2.05) is 0 Å². The Morgan fingerprint density at radius 2 is 0.831 bits per heavy atom. The van der Waals surface area contributed by atoms with E-state index in [9.17, 15) is 0 Å². The third-order valence-electron chi connectivity index (χ3n) is 13.9. The summed E-state index contributed by atoms with van der Waals surface area (Å²) in [5.41, 5.74) is 7.46.